The van der Waals surface area contributed by atoms with Gasteiger partial charge >= 0.3 is 0 Å². The molecule has 0 amide bonds. The number of carbonyl (C=O) groups excluding carboxylic acids is 1. The summed E-state index contributed by atoms with van der Waals surface area (Å²) in [4.78, 5) is 10.3. The Kier molecular flexibility index (Phi) is 2.39. The van der Waals surface area contributed by atoms with E-state index in [4.69, 9.17) is 0 Å². The Morgan fingerprint density at radius 3 is 2.73 bits per heavy atom. The van der Waals surface area contributed by atoms with Crippen molar-refractivity contribution in [1.29, 1.82) is 0 Å². The monoisotopic (exact) mass is 216 g/mol. The number of hydrogen-bond donors (Lipinski definition) is 0. The fourth-order valence-corrected chi connectivity index (χ4v) is 1.19. The van der Waals surface area contributed by atoms with Crippen LogP contribution in [0.25, 0.3) is 0 Å². The second-order valence-corrected chi connectivity index (χ2v) is 2.99. The lowest BCUT2D eigenvalue weighted by atomic mass is 10.1. The van der Waals surface area contributed by atoms with Crippen molar-refractivity contribution in [3.8, 4) is 0 Å². The zero-order valence-electron chi connectivity index (χ0n) is 5.90. The molecule has 58 valence electrons. The third kappa shape index (κ3) is 1.48. The van der Waals surface area contributed by atoms with Gasteiger partial charge in [0.1, 0.15) is 5.82 Å². The van der Waals surface area contributed by atoms with Crippen LogP contribution in [0.5, 0.6) is 0 Å². The third-order valence-electron chi connectivity index (χ3n) is 1.48. The number of aldehydes is 1. The van der Waals surface area contributed by atoms with Gasteiger partial charge in [-0.1, -0.05) is 0 Å². The van der Waals surface area contributed by atoms with Crippen LogP contribution in [-0.2, 0) is 0 Å². The molecule has 0 saturated carbocycles. The van der Waals surface area contributed by atoms with E-state index < -0.39 is 0 Å². The SMILES string of the molecule is Cc1c(F)ccc(C=O)c1Br. The van der Waals surface area contributed by atoms with Crippen molar-refractivity contribution in [2.45, 2.75) is 6.92 Å². The molecule has 11 heavy (non-hydrogen) atoms. The van der Waals surface area contributed by atoms with Gasteiger partial charge in [0, 0.05) is 10.0 Å². The van der Waals surface area contributed by atoms with Gasteiger partial charge < -0.3 is 0 Å². The van der Waals surface area contributed by atoms with E-state index in [1.807, 2.05) is 0 Å². The van der Waals surface area contributed by atoms with Gasteiger partial charge in [0.25, 0.3) is 0 Å². The minimum Gasteiger partial charge on any atom is -0.298 e. The van der Waals surface area contributed by atoms with E-state index in [2.05, 4.69) is 15.9 Å². The normalized spacial score (nSPS) is 9.73. The van der Waals surface area contributed by atoms with Crippen molar-refractivity contribution in [3.63, 3.8) is 0 Å². The highest BCUT2D eigenvalue weighted by Gasteiger charge is 2.05. The van der Waals surface area contributed by atoms with E-state index >= 15 is 0 Å². The fraction of sp³-hybridized carbons (Fsp3) is 0.125. The number of rotatable bonds is 1. The summed E-state index contributed by atoms with van der Waals surface area (Å²) in [6.07, 6.45) is 0.691. The van der Waals surface area contributed by atoms with Crippen LogP contribution in [0.2, 0.25) is 0 Å². The van der Waals surface area contributed by atoms with Crippen LogP contribution >= 0.6 is 15.9 Å². The maximum Gasteiger partial charge on any atom is 0.151 e. The number of halogens is 2. The van der Waals surface area contributed by atoms with Crippen molar-refractivity contribution in [2.75, 3.05) is 0 Å². The van der Waals surface area contributed by atoms with Crippen LogP contribution in [-0.4, -0.2) is 6.29 Å². The van der Waals surface area contributed by atoms with E-state index in [1.165, 1.54) is 12.1 Å². The van der Waals surface area contributed by atoms with Gasteiger partial charge in [0.2, 0.25) is 0 Å². The summed E-state index contributed by atoms with van der Waals surface area (Å²) in [5, 5.41) is 0. The summed E-state index contributed by atoms with van der Waals surface area (Å²) in [5.41, 5.74) is 0.943. The molecule has 0 saturated heterocycles. The van der Waals surface area contributed by atoms with Crippen LogP contribution in [0.4, 0.5) is 4.39 Å². The van der Waals surface area contributed by atoms with Crippen LogP contribution in [0.1, 0.15) is 15.9 Å². The second kappa shape index (κ2) is 3.13. The second-order valence-electron chi connectivity index (χ2n) is 2.19. The molecule has 0 aliphatic rings. The molecule has 3 heteroatoms. The van der Waals surface area contributed by atoms with Gasteiger partial charge in [-0.25, -0.2) is 4.39 Å². The molecule has 0 aromatic heterocycles. The molecule has 0 N–H and O–H groups in total. The maximum absolute atomic E-state index is 12.7. The van der Waals surface area contributed by atoms with Crippen molar-refractivity contribution >= 4 is 22.2 Å². The molecular weight excluding hydrogens is 211 g/mol. The average molecular weight is 217 g/mol. The third-order valence-corrected chi connectivity index (χ3v) is 2.53. The molecule has 0 unspecified atom stereocenters. The highest BCUT2D eigenvalue weighted by Crippen LogP contribution is 2.21. The molecule has 1 rings (SSSR count). The summed E-state index contributed by atoms with van der Waals surface area (Å²) in [5.74, 6) is -0.303. The Bertz CT molecular complexity index is 296. The summed E-state index contributed by atoms with van der Waals surface area (Å²) < 4.78 is 13.3. The zero-order chi connectivity index (χ0) is 8.43. The Balaban J connectivity index is 3.36. The van der Waals surface area contributed by atoms with Gasteiger partial charge in [-0.15, -0.1) is 0 Å². The summed E-state index contributed by atoms with van der Waals surface area (Å²) in [6, 6.07) is 2.73. The Hall–Kier alpha value is -0.700. The van der Waals surface area contributed by atoms with Crippen LogP contribution in [0.15, 0.2) is 16.6 Å². The van der Waals surface area contributed by atoms with Crippen molar-refractivity contribution in [2.24, 2.45) is 0 Å². The average Bonchev–Trinajstić information content (AvgIpc) is 2.01. The molecule has 0 fully saturated rings. The Labute approximate surface area is 72.4 Å². The molecule has 0 spiro atoms. The van der Waals surface area contributed by atoms with Gasteiger partial charge in [0.05, 0.1) is 0 Å². The van der Waals surface area contributed by atoms with E-state index in [9.17, 15) is 9.18 Å². The molecule has 0 heterocycles. The smallest absolute Gasteiger partial charge is 0.151 e. The van der Waals surface area contributed by atoms with Gasteiger partial charge in [-0.2, -0.15) is 0 Å². The number of benzene rings is 1. The van der Waals surface area contributed by atoms with E-state index in [0.717, 1.165) is 0 Å². The molecule has 0 atom stereocenters. The van der Waals surface area contributed by atoms with Gasteiger partial charge in [0.15, 0.2) is 6.29 Å². The largest absolute Gasteiger partial charge is 0.298 e. The van der Waals surface area contributed by atoms with E-state index in [1.54, 1.807) is 6.92 Å². The van der Waals surface area contributed by atoms with Crippen LogP contribution in [0.3, 0.4) is 0 Å². The van der Waals surface area contributed by atoms with Crippen molar-refractivity contribution < 1.29 is 9.18 Å². The van der Waals surface area contributed by atoms with Gasteiger partial charge in [-0.3, -0.25) is 4.79 Å². The Morgan fingerprint density at radius 2 is 2.18 bits per heavy atom. The van der Waals surface area contributed by atoms with Crippen LogP contribution < -0.4 is 0 Å². The lowest BCUT2D eigenvalue weighted by Gasteiger charge is -2.00. The van der Waals surface area contributed by atoms with E-state index in [0.29, 0.717) is 21.9 Å². The quantitative estimate of drug-likeness (QED) is 0.661. The molecule has 0 bridgehead atoms. The lowest BCUT2D eigenvalue weighted by molar-refractivity contribution is 0.112. The maximum atomic E-state index is 12.7. The van der Waals surface area contributed by atoms with E-state index in [-0.39, 0.29) is 5.82 Å². The highest BCUT2D eigenvalue weighted by atomic mass is 79.9. The van der Waals surface area contributed by atoms with Crippen LogP contribution in [0, 0.1) is 12.7 Å². The van der Waals surface area contributed by atoms with Crippen molar-refractivity contribution in [1.82, 2.24) is 0 Å². The first-order chi connectivity index (χ1) is 5.16. The van der Waals surface area contributed by atoms with Gasteiger partial charge in [-0.05, 0) is 40.5 Å². The predicted octanol–water partition coefficient (Wildman–Crippen LogP) is 2.71. The minimum absolute atomic E-state index is 0.303. The fourth-order valence-electron chi connectivity index (χ4n) is 0.773. The predicted molar refractivity (Wildman–Crippen MR) is 44.2 cm³/mol. The standard InChI is InChI=1S/C8H6BrFO/c1-5-7(10)3-2-6(4-11)8(5)9/h2-4H,1H3. The first-order valence-electron chi connectivity index (χ1n) is 3.06. The summed E-state index contributed by atoms with van der Waals surface area (Å²) >= 11 is 3.12. The summed E-state index contributed by atoms with van der Waals surface area (Å²) in [6.45, 7) is 1.62. The molecule has 1 aromatic carbocycles. The first kappa shape index (κ1) is 8.40. The Morgan fingerprint density at radius 1 is 1.55 bits per heavy atom. The number of carbonyl (C=O) groups is 1. The van der Waals surface area contributed by atoms with Crippen molar-refractivity contribution in [3.05, 3.63) is 33.5 Å². The molecule has 1 aromatic rings. The molecular formula is C8H6BrFO. The lowest BCUT2D eigenvalue weighted by Crippen LogP contribution is -1.89. The number of hydrogen-bond acceptors (Lipinski definition) is 1. The molecule has 0 aliphatic carbocycles. The first-order valence-corrected chi connectivity index (χ1v) is 3.86. The minimum atomic E-state index is -0.303. The summed E-state index contributed by atoms with van der Waals surface area (Å²) in [7, 11) is 0. The molecule has 1 nitrogen and oxygen atoms in total. The zero-order valence-corrected chi connectivity index (χ0v) is 7.48. The topological polar surface area (TPSA) is 17.1 Å². The molecule has 0 radical (unpaired) electrons. The highest BCUT2D eigenvalue weighted by molar-refractivity contribution is 9.10. The molecule has 0 aliphatic heterocycles.